The molecular formula is C27H31N7S. The maximum atomic E-state index is 4.65. The Kier molecular flexibility index (Phi) is 7.62. The summed E-state index contributed by atoms with van der Waals surface area (Å²) in [5, 5.41) is 9.81. The smallest absolute Gasteiger partial charge is 0.141 e. The van der Waals surface area contributed by atoms with Crippen molar-refractivity contribution in [1.29, 1.82) is 0 Å². The van der Waals surface area contributed by atoms with Gasteiger partial charge < -0.3 is 15.5 Å². The molecule has 4 aromatic rings. The van der Waals surface area contributed by atoms with Crippen LogP contribution in [-0.4, -0.2) is 58.6 Å². The van der Waals surface area contributed by atoms with Gasteiger partial charge in [0.15, 0.2) is 0 Å². The molecule has 180 valence electrons. The predicted molar refractivity (Wildman–Crippen MR) is 144 cm³/mol. The van der Waals surface area contributed by atoms with Crippen molar-refractivity contribution in [2.45, 2.75) is 19.5 Å². The van der Waals surface area contributed by atoms with E-state index in [-0.39, 0.29) is 0 Å². The number of nitrogens with one attached hydrogen (secondary N) is 2. The summed E-state index contributed by atoms with van der Waals surface area (Å²) >= 11 is 1.58. The summed E-state index contributed by atoms with van der Waals surface area (Å²) in [5.74, 6) is 1.54. The van der Waals surface area contributed by atoms with Gasteiger partial charge in [0, 0.05) is 68.8 Å². The summed E-state index contributed by atoms with van der Waals surface area (Å²) in [6.45, 7) is 8.47. The third kappa shape index (κ3) is 6.42. The molecule has 1 aliphatic heterocycles. The summed E-state index contributed by atoms with van der Waals surface area (Å²) in [6, 6.07) is 21.1. The van der Waals surface area contributed by atoms with E-state index in [0.717, 1.165) is 61.6 Å². The second kappa shape index (κ2) is 11.4. The molecule has 7 nitrogen and oxygen atoms in total. The summed E-state index contributed by atoms with van der Waals surface area (Å²) < 4.78 is 0. The van der Waals surface area contributed by atoms with Gasteiger partial charge in [-0.05, 0) is 42.8 Å². The van der Waals surface area contributed by atoms with E-state index in [2.05, 4.69) is 78.7 Å². The SMILES string of the molecule is CC(CN1CCN(c2ccccc2)CC1)NCc1ccc(Nc2cccc(-c3nccs3)n2)nc1. The minimum Gasteiger partial charge on any atom is -0.369 e. The quantitative estimate of drug-likeness (QED) is 0.358. The number of nitrogens with zero attached hydrogens (tertiary/aromatic N) is 5. The van der Waals surface area contributed by atoms with E-state index in [1.54, 1.807) is 17.5 Å². The number of rotatable bonds is 9. The molecule has 1 unspecified atom stereocenters. The Labute approximate surface area is 210 Å². The molecule has 1 fully saturated rings. The summed E-state index contributed by atoms with van der Waals surface area (Å²) in [6.07, 6.45) is 3.72. The molecule has 35 heavy (non-hydrogen) atoms. The first-order valence-corrected chi connectivity index (χ1v) is 13.0. The Bertz CT molecular complexity index is 1170. The van der Waals surface area contributed by atoms with Gasteiger partial charge in [-0.2, -0.15) is 0 Å². The van der Waals surface area contributed by atoms with Crippen molar-refractivity contribution in [1.82, 2.24) is 25.2 Å². The molecule has 4 heterocycles. The topological polar surface area (TPSA) is 69.2 Å². The largest absolute Gasteiger partial charge is 0.369 e. The first-order chi connectivity index (χ1) is 17.2. The molecule has 1 atom stereocenters. The maximum Gasteiger partial charge on any atom is 0.141 e. The van der Waals surface area contributed by atoms with E-state index in [9.17, 15) is 0 Å². The molecule has 0 spiro atoms. The summed E-state index contributed by atoms with van der Waals surface area (Å²) in [4.78, 5) is 18.6. The van der Waals surface area contributed by atoms with E-state index >= 15 is 0 Å². The molecule has 0 aliphatic carbocycles. The zero-order valence-corrected chi connectivity index (χ0v) is 20.8. The van der Waals surface area contributed by atoms with Crippen LogP contribution in [0.1, 0.15) is 12.5 Å². The number of aromatic nitrogens is 3. The lowest BCUT2D eigenvalue weighted by molar-refractivity contribution is 0.233. The second-order valence-corrected chi connectivity index (χ2v) is 9.72. The number of anilines is 3. The first kappa shape index (κ1) is 23.4. The highest BCUT2D eigenvalue weighted by Crippen LogP contribution is 2.22. The number of thiazole rings is 1. The number of pyridine rings is 2. The first-order valence-electron chi connectivity index (χ1n) is 12.1. The van der Waals surface area contributed by atoms with Gasteiger partial charge in [-0.1, -0.05) is 30.3 Å². The molecule has 0 bridgehead atoms. The fraction of sp³-hybridized carbons (Fsp3) is 0.296. The van der Waals surface area contributed by atoms with Gasteiger partial charge in [-0.3, -0.25) is 4.90 Å². The zero-order chi connectivity index (χ0) is 23.9. The van der Waals surface area contributed by atoms with Crippen LogP contribution in [0.3, 0.4) is 0 Å². The molecule has 0 amide bonds. The molecule has 1 saturated heterocycles. The Balaban J connectivity index is 1.06. The van der Waals surface area contributed by atoms with Gasteiger partial charge in [0.1, 0.15) is 22.3 Å². The Morgan fingerprint density at radius 3 is 2.51 bits per heavy atom. The normalized spacial score (nSPS) is 15.2. The Hall–Kier alpha value is -3.33. The van der Waals surface area contributed by atoms with Crippen molar-refractivity contribution in [3.05, 3.63) is 84.0 Å². The van der Waals surface area contributed by atoms with Gasteiger partial charge in [-0.25, -0.2) is 15.0 Å². The molecule has 2 N–H and O–H groups in total. The van der Waals surface area contributed by atoms with E-state index in [1.807, 2.05) is 35.8 Å². The lowest BCUT2D eigenvalue weighted by Crippen LogP contribution is -2.50. The van der Waals surface area contributed by atoms with Crippen molar-refractivity contribution in [2.24, 2.45) is 0 Å². The van der Waals surface area contributed by atoms with Crippen LogP contribution in [0, 0.1) is 0 Å². The molecule has 1 aliphatic rings. The van der Waals surface area contributed by atoms with E-state index in [1.165, 1.54) is 11.3 Å². The van der Waals surface area contributed by atoms with E-state index in [4.69, 9.17) is 0 Å². The average molecular weight is 486 g/mol. The zero-order valence-electron chi connectivity index (χ0n) is 20.0. The molecule has 8 heteroatoms. The lowest BCUT2D eigenvalue weighted by atomic mass is 10.2. The second-order valence-electron chi connectivity index (χ2n) is 8.83. The highest BCUT2D eigenvalue weighted by molar-refractivity contribution is 7.13. The monoisotopic (exact) mass is 485 g/mol. The molecular weight excluding hydrogens is 454 g/mol. The van der Waals surface area contributed by atoms with Crippen molar-refractivity contribution in [2.75, 3.05) is 42.9 Å². The van der Waals surface area contributed by atoms with Gasteiger partial charge in [-0.15, -0.1) is 11.3 Å². The minimum atomic E-state index is 0.411. The molecule has 3 aromatic heterocycles. The third-order valence-corrected chi connectivity index (χ3v) is 6.96. The fourth-order valence-electron chi connectivity index (χ4n) is 4.28. The van der Waals surface area contributed by atoms with Gasteiger partial charge in [0.05, 0.1) is 0 Å². The predicted octanol–water partition coefficient (Wildman–Crippen LogP) is 4.64. The lowest BCUT2D eigenvalue weighted by Gasteiger charge is -2.37. The van der Waals surface area contributed by atoms with Gasteiger partial charge in [0.2, 0.25) is 0 Å². The van der Waals surface area contributed by atoms with Crippen molar-refractivity contribution in [3.63, 3.8) is 0 Å². The summed E-state index contributed by atoms with van der Waals surface area (Å²) in [7, 11) is 0. The highest BCUT2D eigenvalue weighted by Gasteiger charge is 2.18. The Morgan fingerprint density at radius 2 is 1.77 bits per heavy atom. The molecule has 0 saturated carbocycles. The van der Waals surface area contributed by atoms with Crippen LogP contribution >= 0.6 is 11.3 Å². The van der Waals surface area contributed by atoms with Crippen molar-refractivity contribution >= 4 is 28.7 Å². The highest BCUT2D eigenvalue weighted by atomic mass is 32.1. The van der Waals surface area contributed by atoms with Crippen LogP contribution < -0.4 is 15.5 Å². The van der Waals surface area contributed by atoms with Gasteiger partial charge >= 0.3 is 0 Å². The van der Waals surface area contributed by atoms with Crippen LogP contribution in [0.15, 0.2) is 78.4 Å². The van der Waals surface area contributed by atoms with Crippen molar-refractivity contribution < 1.29 is 0 Å². The minimum absolute atomic E-state index is 0.411. The van der Waals surface area contributed by atoms with Crippen LogP contribution in [0.4, 0.5) is 17.3 Å². The number of hydrogen-bond donors (Lipinski definition) is 2. The average Bonchev–Trinajstić information content (AvgIpc) is 3.45. The van der Waals surface area contributed by atoms with E-state index < -0.39 is 0 Å². The number of hydrogen-bond acceptors (Lipinski definition) is 8. The number of benzene rings is 1. The third-order valence-electron chi connectivity index (χ3n) is 6.16. The molecule has 1 aromatic carbocycles. The molecule has 0 radical (unpaired) electrons. The maximum absolute atomic E-state index is 4.65. The van der Waals surface area contributed by atoms with Crippen LogP contribution in [0.5, 0.6) is 0 Å². The number of para-hydroxylation sites is 1. The van der Waals surface area contributed by atoms with Crippen LogP contribution in [-0.2, 0) is 6.54 Å². The van der Waals surface area contributed by atoms with Crippen molar-refractivity contribution in [3.8, 4) is 10.7 Å². The van der Waals surface area contributed by atoms with Crippen LogP contribution in [0.2, 0.25) is 0 Å². The van der Waals surface area contributed by atoms with E-state index in [0.29, 0.717) is 6.04 Å². The standard InChI is InChI=1S/C27H31N7S/c1-21(20-33-13-15-34(16-14-33)23-6-3-2-4-7-23)29-18-22-10-11-25(30-19-22)32-26-9-5-8-24(31-26)27-28-12-17-35-27/h2-12,17,19,21,29H,13-16,18,20H2,1H3,(H,30,31,32). The van der Waals surface area contributed by atoms with Crippen LogP contribution in [0.25, 0.3) is 10.7 Å². The number of piperazine rings is 1. The summed E-state index contributed by atoms with van der Waals surface area (Å²) in [5.41, 5.74) is 3.36. The van der Waals surface area contributed by atoms with Gasteiger partial charge in [0.25, 0.3) is 0 Å². The molecule has 5 rings (SSSR count). The Morgan fingerprint density at radius 1 is 0.914 bits per heavy atom. The fourth-order valence-corrected chi connectivity index (χ4v) is 4.89.